The average Bonchev–Trinajstić information content (AvgIpc) is 3.13. The summed E-state index contributed by atoms with van der Waals surface area (Å²) in [6.45, 7) is 23.5. The third-order valence-corrected chi connectivity index (χ3v) is 15.4. The zero-order valence-electron chi connectivity index (χ0n) is 28.7. The van der Waals surface area contributed by atoms with E-state index in [1.165, 1.54) is 6.42 Å². The molecule has 0 aromatic carbocycles. The maximum Gasteiger partial charge on any atom is 0.225 e. The Morgan fingerprint density at radius 1 is 1.00 bits per heavy atom. The van der Waals surface area contributed by atoms with Crippen molar-refractivity contribution in [2.45, 2.75) is 138 Å². The van der Waals surface area contributed by atoms with Gasteiger partial charge in [-0.25, -0.2) is 0 Å². The normalized spacial score (nSPS) is 52.7. The zero-order chi connectivity index (χ0) is 31.3. The molecule has 4 saturated carbocycles. The molecule has 0 spiro atoms. The molecule has 43 heavy (non-hydrogen) atoms. The maximum atomic E-state index is 12.7. The number of carbonyl (C=O) groups is 1. The molecular formula is C36H62N2O5. The first-order valence-electron chi connectivity index (χ1n) is 17.7. The quantitative estimate of drug-likeness (QED) is 0.434. The van der Waals surface area contributed by atoms with E-state index < -0.39 is 6.10 Å². The summed E-state index contributed by atoms with van der Waals surface area (Å²) >= 11 is 0. The van der Waals surface area contributed by atoms with Gasteiger partial charge in [0.05, 0.1) is 37.6 Å². The number of fused-ring (bicyclic) bond motifs is 7. The number of aliphatic hydroxyl groups is 1. The van der Waals surface area contributed by atoms with Gasteiger partial charge in [-0.05, 0) is 90.3 Å². The Bertz CT molecular complexity index is 1080. The highest BCUT2D eigenvalue weighted by atomic mass is 16.7. The molecule has 1 unspecified atom stereocenters. The van der Waals surface area contributed by atoms with Crippen molar-refractivity contribution in [2.75, 3.05) is 26.2 Å². The van der Waals surface area contributed by atoms with Crippen molar-refractivity contribution >= 4 is 5.91 Å². The molecule has 2 aliphatic heterocycles. The van der Waals surface area contributed by atoms with Crippen LogP contribution in [0, 0.1) is 56.7 Å². The van der Waals surface area contributed by atoms with Gasteiger partial charge < -0.3 is 30.0 Å². The number of aliphatic hydroxyl groups excluding tert-OH is 1. The van der Waals surface area contributed by atoms with Gasteiger partial charge in [-0.15, -0.1) is 0 Å². The Balaban J connectivity index is 1.25. The number of hydrogen-bond acceptors (Lipinski definition) is 6. The minimum Gasteiger partial charge on any atom is -0.390 e. The van der Waals surface area contributed by atoms with E-state index in [0.29, 0.717) is 49.9 Å². The van der Waals surface area contributed by atoms with E-state index in [9.17, 15) is 9.90 Å². The monoisotopic (exact) mass is 602 g/mol. The summed E-state index contributed by atoms with van der Waals surface area (Å²) in [5, 5.41) is 12.3. The first-order valence-corrected chi connectivity index (χ1v) is 17.7. The minimum atomic E-state index is -0.461. The van der Waals surface area contributed by atoms with Crippen molar-refractivity contribution in [3.05, 3.63) is 0 Å². The topological polar surface area (TPSA) is 94.2 Å². The fourth-order valence-electron chi connectivity index (χ4n) is 12.8. The highest BCUT2D eigenvalue weighted by Gasteiger charge is 2.76. The van der Waals surface area contributed by atoms with E-state index in [2.05, 4.69) is 48.5 Å². The molecule has 0 bridgehead atoms. The predicted octanol–water partition coefficient (Wildman–Crippen LogP) is 5.62. The Labute approximate surface area is 261 Å². The third kappa shape index (κ3) is 4.33. The van der Waals surface area contributed by atoms with Gasteiger partial charge in [-0.3, -0.25) is 4.79 Å². The number of ether oxygens (including phenoxy) is 3. The first-order chi connectivity index (χ1) is 20.1. The SMILES string of the molecule is CC(C)C(=O)N1CCO[C@@H](O[C@H]2CC[C@@]3(C)[C@@H](CC[C@H]4[C@]5(C)[C@@H](O)[C@H]6O[C@@H](CN)C[C@@H](C)C6[C@@]5(C)CC[C@]43C)C2(C)C)C1. The molecule has 1 amide bonds. The Morgan fingerprint density at radius 3 is 2.33 bits per heavy atom. The van der Waals surface area contributed by atoms with E-state index in [0.717, 1.165) is 38.5 Å². The highest BCUT2D eigenvalue weighted by molar-refractivity contribution is 5.78. The van der Waals surface area contributed by atoms with Gasteiger partial charge in [-0.2, -0.15) is 0 Å². The summed E-state index contributed by atoms with van der Waals surface area (Å²) in [7, 11) is 0. The van der Waals surface area contributed by atoms with Crippen molar-refractivity contribution in [3.63, 3.8) is 0 Å². The molecule has 13 atom stereocenters. The number of carbonyl (C=O) groups excluding carboxylic acids is 1. The number of morpholine rings is 1. The van der Waals surface area contributed by atoms with Crippen LogP contribution in [0.2, 0.25) is 0 Å². The predicted molar refractivity (Wildman–Crippen MR) is 168 cm³/mol. The molecule has 246 valence electrons. The number of nitrogens with two attached hydrogens (primary N) is 1. The van der Waals surface area contributed by atoms with Gasteiger partial charge in [0.2, 0.25) is 5.91 Å². The summed E-state index contributed by atoms with van der Waals surface area (Å²) in [6.07, 6.45) is 6.99. The van der Waals surface area contributed by atoms with Gasteiger partial charge in [0, 0.05) is 24.4 Å². The largest absolute Gasteiger partial charge is 0.390 e. The Kier molecular flexibility index (Phi) is 7.98. The lowest BCUT2D eigenvalue weighted by Crippen LogP contribution is -2.68. The molecule has 6 fully saturated rings. The number of hydrogen-bond donors (Lipinski definition) is 2. The van der Waals surface area contributed by atoms with Crippen molar-refractivity contribution < 1.29 is 24.1 Å². The molecule has 3 N–H and O–H groups in total. The standard InChI is InChI=1S/C36H62N2O5/c1-21(2)31(40)38-16-17-41-27(20-38)43-26-12-13-33(6)24(32(26,4)5)10-11-25-34(33,7)14-15-35(8)28-22(3)18-23(19-37)42-29(28)30(39)36(25,35)9/h21-30,39H,10-20,37H2,1-9H3/t22-,23-,24+,25-,26+,27+,28?,29+,30+,33+,34-,35-,36-/m1/s1. The highest BCUT2D eigenvalue weighted by Crippen LogP contribution is 2.79. The van der Waals surface area contributed by atoms with E-state index in [4.69, 9.17) is 19.9 Å². The van der Waals surface area contributed by atoms with Crippen molar-refractivity contribution in [2.24, 2.45) is 62.4 Å². The van der Waals surface area contributed by atoms with E-state index in [1.807, 2.05) is 18.7 Å². The van der Waals surface area contributed by atoms with Gasteiger partial charge in [0.1, 0.15) is 0 Å². The fourth-order valence-corrected chi connectivity index (χ4v) is 12.8. The third-order valence-electron chi connectivity index (χ3n) is 15.4. The van der Waals surface area contributed by atoms with Crippen LogP contribution in [-0.2, 0) is 19.0 Å². The number of rotatable bonds is 4. The molecule has 0 aromatic rings. The summed E-state index contributed by atoms with van der Waals surface area (Å²) in [6, 6.07) is 0. The van der Waals surface area contributed by atoms with E-state index in [1.54, 1.807) is 0 Å². The molecule has 7 heteroatoms. The number of amides is 1. The first kappa shape index (κ1) is 32.2. The van der Waals surface area contributed by atoms with Crippen molar-refractivity contribution in [3.8, 4) is 0 Å². The van der Waals surface area contributed by atoms with E-state index >= 15 is 0 Å². The van der Waals surface area contributed by atoms with Crippen molar-refractivity contribution in [1.29, 1.82) is 0 Å². The summed E-state index contributed by atoms with van der Waals surface area (Å²) < 4.78 is 19.5. The summed E-state index contributed by atoms with van der Waals surface area (Å²) in [4.78, 5) is 14.7. The lowest BCUT2D eigenvalue weighted by atomic mass is 9.32. The molecule has 7 nitrogen and oxygen atoms in total. The fraction of sp³-hybridized carbons (Fsp3) is 0.972. The van der Waals surface area contributed by atoms with Crippen molar-refractivity contribution in [1.82, 2.24) is 4.90 Å². The molecule has 2 saturated heterocycles. The van der Waals surface area contributed by atoms with Gasteiger partial charge in [0.15, 0.2) is 6.29 Å². The van der Waals surface area contributed by atoms with Gasteiger partial charge >= 0.3 is 0 Å². The van der Waals surface area contributed by atoms with Crippen LogP contribution in [-0.4, -0.2) is 72.9 Å². The van der Waals surface area contributed by atoms with Gasteiger partial charge in [-0.1, -0.05) is 62.3 Å². The lowest BCUT2D eigenvalue weighted by Gasteiger charge is -2.72. The smallest absolute Gasteiger partial charge is 0.225 e. The minimum absolute atomic E-state index is 0.0140. The van der Waals surface area contributed by atoms with Crippen LogP contribution in [0.5, 0.6) is 0 Å². The average molecular weight is 603 g/mol. The molecule has 0 aromatic heterocycles. The van der Waals surface area contributed by atoms with E-state index in [-0.39, 0.29) is 63.5 Å². The van der Waals surface area contributed by atoms with Crippen LogP contribution < -0.4 is 5.73 Å². The van der Waals surface area contributed by atoms with Crippen LogP contribution in [0.25, 0.3) is 0 Å². The molecule has 0 radical (unpaired) electrons. The Morgan fingerprint density at radius 2 is 1.65 bits per heavy atom. The summed E-state index contributed by atoms with van der Waals surface area (Å²) in [5.41, 5.74) is 6.22. The van der Waals surface area contributed by atoms with Crippen LogP contribution >= 0.6 is 0 Å². The summed E-state index contributed by atoms with van der Waals surface area (Å²) in [5.74, 6) is 2.01. The van der Waals surface area contributed by atoms with Gasteiger partial charge in [0.25, 0.3) is 0 Å². The number of nitrogens with zero attached hydrogens (tertiary/aromatic N) is 1. The molecule has 6 aliphatic rings. The van der Waals surface area contributed by atoms with Crippen LogP contribution in [0.15, 0.2) is 0 Å². The Hall–Kier alpha value is -0.730. The van der Waals surface area contributed by atoms with Crippen LogP contribution in [0.1, 0.15) is 107 Å². The van der Waals surface area contributed by atoms with Crippen LogP contribution in [0.3, 0.4) is 0 Å². The van der Waals surface area contributed by atoms with Crippen LogP contribution in [0.4, 0.5) is 0 Å². The second-order valence-corrected chi connectivity index (χ2v) is 17.6. The molecule has 6 rings (SSSR count). The second-order valence-electron chi connectivity index (χ2n) is 17.6. The second kappa shape index (κ2) is 10.7. The zero-order valence-corrected chi connectivity index (χ0v) is 28.7. The maximum absolute atomic E-state index is 12.7. The molecule has 4 aliphatic carbocycles. The molecular weight excluding hydrogens is 540 g/mol. The molecule has 2 heterocycles. The lowest BCUT2D eigenvalue weighted by molar-refractivity contribution is -0.283.